The number of halogens is 3. The first-order valence-electron chi connectivity index (χ1n) is 6.08. The van der Waals surface area contributed by atoms with Gasteiger partial charge in [-0.05, 0) is 14.0 Å². The van der Waals surface area contributed by atoms with Crippen molar-refractivity contribution in [3.05, 3.63) is 0 Å². The average Bonchev–Trinajstić information content (AvgIpc) is 2.34. The second-order valence-electron chi connectivity index (χ2n) is 4.60. The second kappa shape index (κ2) is 6.38. The fourth-order valence-electron chi connectivity index (χ4n) is 1.83. The number of likely N-dealkylation sites (N-methyl/N-ethyl adjacent to an activating group) is 1. The first-order valence-corrected chi connectivity index (χ1v) is 6.08. The lowest BCUT2D eigenvalue weighted by Crippen LogP contribution is -2.52. The van der Waals surface area contributed by atoms with Gasteiger partial charge in [-0.15, -0.1) is 0 Å². The quantitative estimate of drug-likeness (QED) is 0.814. The van der Waals surface area contributed by atoms with Crippen LogP contribution in [0.4, 0.5) is 13.2 Å². The zero-order chi connectivity index (χ0) is 13.8. The Hall–Kier alpha value is -0.820. The summed E-state index contributed by atoms with van der Waals surface area (Å²) in [5, 5.41) is 3.13. The lowest BCUT2D eigenvalue weighted by Gasteiger charge is -2.33. The molecular formula is C11H20F3N3O. The molecule has 1 atom stereocenters. The highest BCUT2D eigenvalue weighted by molar-refractivity contribution is 5.81. The predicted molar refractivity (Wildman–Crippen MR) is 62.2 cm³/mol. The van der Waals surface area contributed by atoms with Crippen LogP contribution in [0.15, 0.2) is 0 Å². The fourth-order valence-corrected chi connectivity index (χ4v) is 1.83. The van der Waals surface area contributed by atoms with Crippen LogP contribution < -0.4 is 5.32 Å². The van der Waals surface area contributed by atoms with Gasteiger partial charge in [-0.25, -0.2) is 0 Å². The molecule has 1 N–H and O–H groups in total. The van der Waals surface area contributed by atoms with E-state index in [-0.39, 0.29) is 12.5 Å². The number of carbonyl (C=O) groups is 1. The Morgan fingerprint density at radius 1 is 1.39 bits per heavy atom. The van der Waals surface area contributed by atoms with Crippen LogP contribution in [0.25, 0.3) is 0 Å². The maximum atomic E-state index is 12.1. The van der Waals surface area contributed by atoms with Crippen molar-refractivity contribution < 1.29 is 18.0 Å². The highest BCUT2D eigenvalue weighted by Gasteiger charge is 2.30. The van der Waals surface area contributed by atoms with Crippen LogP contribution >= 0.6 is 0 Å². The Kier molecular flexibility index (Phi) is 5.40. The molecule has 0 aromatic heterocycles. The fraction of sp³-hybridized carbons (Fsp3) is 0.909. The molecule has 0 saturated carbocycles. The van der Waals surface area contributed by atoms with E-state index in [4.69, 9.17) is 0 Å². The van der Waals surface area contributed by atoms with E-state index < -0.39 is 18.6 Å². The van der Waals surface area contributed by atoms with Gasteiger partial charge < -0.3 is 10.2 Å². The van der Waals surface area contributed by atoms with E-state index in [1.54, 1.807) is 18.9 Å². The summed E-state index contributed by atoms with van der Waals surface area (Å²) in [6.45, 7) is 4.23. The summed E-state index contributed by atoms with van der Waals surface area (Å²) >= 11 is 0. The molecule has 1 saturated heterocycles. The van der Waals surface area contributed by atoms with Crippen molar-refractivity contribution in [2.45, 2.75) is 25.6 Å². The van der Waals surface area contributed by atoms with E-state index in [2.05, 4.69) is 5.32 Å². The molecule has 0 aromatic rings. The van der Waals surface area contributed by atoms with Gasteiger partial charge in [0.05, 0.1) is 12.5 Å². The number of amides is 1. The minimum absolute atomic E-state index is 0.0961. The smallest absolute Gasteiger partial charge is 0.339 e. The minimum atomic E-state index is -4.17. The van der Waals surface area contributed by atoms with Crippen LogP contribution in [0.1, 0.15) is 13.3 Å². The van der Waals surface area contributed by atoms with Crippen LogP contribution in [0.5, 0.6) is 0 Å². The summed E-state index contributed by atoms with van der Waals surface area (Å²) in [6, 6.07) is -0.509. The van der Waals surface area contributed by atoms with E-state index in [1.807, 2.05) is 0 Å². The molecule has 1 rings (SSSR count). The molecule has 0 aromatic carbocycles. The van der Waals surface area contributed by atoms with Crippen molar-refractivity contribution in [1.82, 2.24) is 15.1 Å². The predicted octanol–water partition coefficient (Wildman–Crippen LogP) is 0.691. The molecule has 7 heteroatoms. The molecule has 1 fully saturated rings. The molecule has 1 unspecified atom stereocenters. The van der Waals surface area contributed by atoms with Gasteiger partial charge in [0.1, 0.15) is 0 Å². The number of nitrogens with one attached hydrogen (secondary N) is 1. The summed E-state index contributed by atoms with van der Waals surface area (Å²) in [4.78, 5) is 15.2. The van der Waals surface area contributed by atoms with Crippen molar-refractivity contribution in [3.8, 4) is 0 Å². The number of nitrogens with zero attached hydrogens (tertiary/aromatic N) is 2. The number of rotatable bonds is 4. The van der Waals surface area contributed by atoms with Crippen molar-refractivity contribution in [2.75, 3.05) is 39.8 Å². The van der Waals surface area contributed by atoms with Crippen molar-refractivity contribution in [3.63, 3.8) is 0 Å². The summed E-state index contributed by atoms with van der Waals surface area (Å²) in [6.07, 6.45) is -5.06. The maximum absolute atomic E-state index is 12.1. The zero-order valence-electron chi connectivity index (χ0n) is 10.8. The maximum Gasteiger partial charge on any atom is 0.390 e. The molecule has 1 heterocycles. The van der Waals surface area contributed by atoms with E-state index in [0.717, 1.165) is 13.1 Å². The third-order valence-electron chi connectivity index (χ3n) is 3.20. The highest BCUT2D eigenvalue weighted by atomic mass is 19.4. The number of carbonyl (C=O) groups excluding carboxylic acids is 1. The monoisotopic (exact) mass is 267 g/mol. The van der Waals surface area contributed by atoms with E-state index in [9.17, 15) is 18.0 Å². The van der Waals surface area contributed by atoms with E-state index >= 15 is 0 Å². The van der Waals surface area contributed by atoms with E-state index in [1.165, 1.54) is 4.90 Å². The van der Waals surface area contributed by atoms with Gasteiger partial charge >= 0.3 is 6.18 Å². The van der Waals surface area contributed by atoms with Crippen LogP contribution in [0.2, 0.25) is 0 Å². The third kappa shape index (κ3) is 4.81. The summed E-state index contributed by atoms with van der Waals surface area (Å²) < 4.78 is 36.3. The molecule has 1 aliphatic heterocycles. The SMILES string of the molecule is CC(C(=O)N1CCNCC1)N(C)CCC(F)(F)F. The normalized spacial score (nSPS) is 19.1. The first-order chi connectivity index (χ1) is 8.31. The zero-order valence-corrected chi connectivity index (χ0v) is 10.8. The van der Waals surface area contributed by atoms with Gasteiger partial charge in [0.15, 0.2) is 0 Å². The molecule has 0 aliphatic carbocycles. The molecule has 1 aliphatic rings. The molecule has 0 radical (unpaired) electrons. The molecule has 4 nitrogen and oxygen atoms in total. The molecule has 0 spiro atoms. The molecule has 0 bridgehead atoms. The van der Waals surface area contributed by atoms with Gasteiger partial charge in [-0.3, -0.25) is 9.69 Å². The molecule has 106 valence electrons. The molecular weight excluding hydrogens is 247 g/mol. The number of piperazine rings is 1. The second-order valence-corrected chi connectivity index (χ2v) is 4.60. The number of alkyl halides is 3. The average molecular weight is 267 g/mol. The molecule has 18 heavy (non-hydrogen) atoms. The Bertz CT molecular complexity index is 277. The van der Waals surface area contributed by atoms with Crippen LogP contribution in [-0.4, -0.2) is 67.7 Å². The van der Waals surface area contributed by atoms with Crippen molar-refractivity contribution >= 4 is 5.91 Å². The summed E-state index contributed by atoms with van der Waals surface area (Å²) in [7, 11) is 1.55. The van der Waals surface area contributed by atoms with Gasteiger partial charge in [0.25, 0.3) is 0 Å². The summed E-state index contributed by atoms with van der Waals surface area (Å²) in [5.74, 6) is -0.0961. The van der Waals surface area contributed by atoms with E-state index in [0.29, 0.717) is 13.1 Å². The van der Waals surface area contributed by atoms with Crippen LogP contribution in [-0.2, 0) is 4.79 Å². The van der Waals surface area contributed by atoms with Crippen LogP contribution in [0, 0.1) is 0 Å². The largest absolute Gasteiger partial charge is 0.390 e. The third-order valence-corrected chi connectivity index (χ3v) is 3.20. The van der Waals surface area contributed by atoms with Gasteiger partial charge in [0.2, 0.25) is 5.91 Å². The Balaban J connectivity index is 2.41. The van der Waals surface area contributed by atoms with Crippen LogP contribution in [0.3, 0.4) is 0 Å². The van der Waals surface area contributed by atoms with Crippen molar-refractivity contribution in [2.24, 2.45) is 0 Å². The highest BCUT2D eigenvalue weighted by Crippen LogP contribution is 2.20. The molecule has 1 amide bonds. The minimum Gasteiger partial charge on any atom is -0.339 e. The Morgan fingerprint density at radius 3 is 2.44 bits per heavy atom. The topological polar surface area (TPSA) is 35.6 Å². The Morgan fingerprint density at radius 2 is 1.94 bits per heavy atom. The first kappa shape index (κ1) is 15.2. The van der Waals surface area contributed by atoms with Gasteiger partial charge in [-0.1, -0.05) is 0 Å². The lowest BCUT2D eigenvalue weighted by molar-refractivity contribution is -0.145. The van der Waals surface area contributed by atoms with Gasteiger partial charge in [-0.2, -0.15) is 13.2 Å². The Labute approximate surface area is 105 Å². The standard InChI is InChI=1S/C11H20F3N3O/c1-9(16(2)6-3-11(12,13)14)10(18)17-7-4-15-5-8-17/h9,15H,3-8H2,1-2H3. The number of hydrogen-bond donors (Lipinski definition) is 1. The lowest BCUT2D eigenvalue weighted by atomic mass is 10.2. The van der Waals surface area contributed by atoms with Gasteiger partial charge in [0, 0.05) is 32.7 Å². The number of hydrogen-bond acceptors (Lipinski definition) is 3. The summed E-state index contributed by atoms with van der Waals surface area (Å²) in [5.41, 5.74) is 0. The van der Waals surface area contributed by atoms with Crippen molar-refractivity contribution in [1.29, 1.82) is 0 Å².